The Morgan fingerprint density at radius 3 is 2.74 bits per heavy atom. The molecule has 0 fully saturated rings. The van der Waals surface area contributed by atoms with Crippen molar-refractivity contribution in [3.8, 4) is 0 Å². The fourth-order valence-electron chi connectivity index (χ4n) is 1.98. The van der Waals surface area contributed by atoms with E-state index in [2.05, 4.69) is 58.7 Å². The van der Waals surface area contributed by atoms with Gasteiger partial charge in [0.1, 0.15) is 0 Å². The van der Waals surface area contributed by atoms with Gasteiger partial charge in [0.05, 0.1) is 14.9 Å². The first-order valence-corrected chi connectivity index (χ1v) is 9.19. The van der Waals surface area contributed by atoms with Gasteiger partial charge in [0.15, 0.2) is 0 Å². The molecule has 1 aromatic heterocycles. The maximum atomic E-state index is 6.17. The standard InChI is InChI=1S/C14H15BrClNS2/c1-3-17-13(12-8-10(16)14(15)19-12)9-6-4-5-7-11(9)18-2/h4-8,13,17H,3H2,1-2H3. The number of hydrogen-bond donors (Lipinski definition) is 1. The highest BCUT2D eigenvalue weighted by Crippen LogP contribution is 2.39. The Bertz CT molecular complexity index is 537. The summed E-state index contributed by atoms with van der Waals surface area (Å²) in [4.78, 5) is 2.54. The number of halogens is 2. The molecule has 0 saturated carbocycles. The third-order valence-electron chi connectivity index (χ3n) is 2.81. The third kappa shape index (κ3) is 3.56. The van der Waals surface area contributed by atoms with Crippen LogP contribution in [0.4, 0.5) is 0 Å². The largest absolute Gasteiger partial charge is 0.306 e. The lowest BCUT2D eigenvalue weighted by molar-refractivity contribution is 0.631. The van der Waals surface area contributed by atoms with Crippen LogP contribution in [-0.4, -0.2) is 12.8 Å². The zero-order chi connectivity index (χ0) is 13.8. The molecular weight excluding hydrogens is 362 g/mol. The molecule has 19 heavy (non-hydrogen) atoms. The molecule has 0 aliphatic carbocycles. The fraction of sp³-hybridized carbons (Fsp3) is 0.286. The van der Waals surface area contributed by atoms with Crippen LogP contribution >= 0.6 is 50.6 Å². The second-order valence-electron chi connectivity index (χ2n) is 4.00. The summed E-state index contributed by atoms with van der Waals surface area (Å²) in [6.07, 6.45) is 2.11. The summed E-state index contributed by atoms with van der Waals surface area (Å²) in [6.45, 7) is 3.04. The molecule has 1 atom stereocenters. The molecule has 1 heterocycles. The second-order valence-corrected chi connectivity index (χ2v) is 7.66. The van der Waals surface area contributed by atoms with Crippen molar-refractivity contribution in [1.29, 1.82) is 0 Å². The molecule has 0 spiro atoms. The summed E-state index contributed by atoms with van der Waals surface area (Å²) in [7, 11) is 0. The predicted molar refractivity (Wildman–Crippen MR) is 90.8 cm³/mol. The molecule has 0 bridgehead atoms. The van der Waals surface area contributed by atoms with E-state index in [-0.39, 0.29) is 6.04 Å². The van der Waals surface area contributed by atoms with Crippen molar-refractivity contribution in [3.63, 3.8) is 0 Å². The van der Waals surface area contributed by atoms with Crippen molar-refractivity contribution in [3.05, 3.63) is 49.6 Å². The highest BCUT2D eigenvalue weighted by Gasteiger charge is 2.19. The number of rotatable bonds is 5. The van der Waals surface area contributed by atoms with Gasteiger partial charge in [-0.05, 0) is 46.4 Å². The van der Waals surface area contributed by atoms with E-state index in [4.69, 9.17) is 11.6 Å². The zero-order valence-corrected chi connectivity index (χ0v) is 14.7. The normalized spacial score (nSPS) is 12.6. The van der Waals surface area contributed by atoms with E-state index in [1.54, 1.807) is 23.1 Å². The molecule has 1 aromatic carbocycles. The van der Waals surface area contributed by atoms with Crippen LogP contribution in [0.25, 0.3) is 0 Å². The summed E-state index contributed by atoms with van der Waals surface area (Å²) in [6, 6.07) is 10.7. The lowest BCUT2D eigenvalue weighted by Crippen LogP contribution is -2.21. The van der Waals surface area contributed by atoms with Crippen LogP contribution in [0.3, 0.4) is 0 Å². The Morgan fingerprint density at radius 2 is 2.16 bits per heavy atom. The van der Waals surface area contributed by atoms with Gasteiger partial charge >= 0.3 is 0 Å². The molecule has 1 nitrogen and oxygen atoms in total. The van der Waals surface area contributed by atoms with Crippen LogP contribution < -0.4 is 5.32 Å². The van der Waals surface area contributed by atoms with Gasteiger partial charge in [0.25, 0.3) is 0 Å². The Labute approximate surface area is 135 Å². The molecule has 0 saturated heterocycles. The van der Waals surface area contributed by atoms with E-state index in [1.807, 2.05) is 6.07 Å². The SMILES string of the molecule is CCNC(c1cc(Cl)c(Br)s1)c1ccccc1SC. The first kappa shape index (κ1) is 15.4. The van der Waals surface area contributed by atoms with Crippen LogP contribution in [0.15, 0.2) is 39.0 Å². The van der Waals surface area contributed by atoms with Crippen molar-refractivity contribution in [1.82, 2.24) is 5.32 Å². The van der Waals surface area contributed by atoms with E-state index < -0.39 is 0 Å². The lowest BCUT2D eigenvalue weighted by Gasteiger charge is -2.19. The molecule has 2 aromatic rings. The summed E-state index contributed by atoms with van der Waals surface area (Å²) in [5.74, 6) is 0. The number of benzene rings is 1. The number of thiophene rings is 1. The van der Waals surface area contributed by atoms with Gasteiger partial charge in [0.2, 0.25) is 0 Å². The van der Waals surface area contributed by atoms with Gasteiger partial charge in [-0.25, -0.2) is 0 Å². The molecule has 2 rings (SSSR count). The van der Waals surface area contributed by atoms with Crippen molar-refractivity contribution >= 4 is 50.6 Å². The van der Waals surface area contributed by atoms with E-state index in [0.29, 0.717) is 0 Å². The first-order chi connectivity index (χ1) is 9.17. The van der Waals surface area contributed by atoms with Gasteiger partial charge in [-0.2, -0.15) is 0 Å². The minimum atomic E-state index is 0.197. The predicted octanol–water partition coefficient (Wildman–Crippen LogP) is 5.58. The fourth-order valence-corrected chi connectivity index (χ4v) is 4.46. The summed E-state index contributed by atoms with van der Waals surface area (Å²) >= 11 is 13.1. The molecule has 0 radical (unpaired) electrons. The highest BCUT2D eigenvalue weighted by atomic mass is 79.9. The number of thioether (sulfide) groups is 1. The smallest absolute Gasteiger partial charge is 0.0888 e. The van der Waals surface area contributed by atoms with Crippen LogP contribution in [0.2, 0.25) is 5.02 Å². The van der Waals surface area contributed by atoms with E-state index in [1.165, 1.54) is 15.3 Å². The molecule has 102 valence electrons. The highest BCUT2D eigenvalue weighted by molar-refractivity contribution is 9.11. The first-order valence-electron chi connectivity index (χ1n) is 5.98. The molecular formula is C14H15BrClNS2. The minimum Gasteiger partial charge on any atom is -0.306 e. The molecule has 0 amide bonds. The molecule has 0 aliphatic rings. The van der Waals surface area contributed by atoms with Crippen molar-refractivity contribution < 1.29 is 0 Å². The quantitative estimate of drug-likeness (QED) is 0.683. The van der Waals surface area contributed by atoms with Crippen molar-refractivity contribution in [2.75, 3.05) is 12.8 Å². The zero-order valence-electron chi connectivity index (χ0n) is 10.7. The Hall–Kier alpha value is -0.000000000000000111. The summed E-state index contributed by atoms with van der Waals surface area (Å²) in [5.41, 5.74) is 1.31. The maximum Gasteiger partial charge on any atom is 0.0888 e. The van der Waals surface area contributed by atoms with Gasteiger partial charge in [0, 0.05) is 9.77 Å². The average molecular weight is 377 g/mol. The van der Waals surface area contributed by atoms with Gasteiger partial charge in [-0.15, -0.1) is 23.1 Å². The van der Waals surface area contributed by atoms with E-state index in [0.717, 1.165) is 15.4 Å². The van der Waals surface area contributed by atoms with Crippen molar-refractivity contribution in [2.45, 2.75) is 17.9 Å². The Kier molecular flexibility index (Phi) is 5.78. The van der Waals surface area contributed by atoms with Crippen LogP contribution in [-0.2, 0) is 0 Å². The Morgan fingerprint density at radius 1 is 1.42 bits per heavy atom. The van der Waals surface area contributed by atoms with Crippen molar-refractivity contribution in [2.24, 2.45) is 0 Å². The van der Waals surface area contributed by atoms with Gasteiger partial charge < -0.3 is 5.32 Å². The molecule has 1 unspecified atom stereocenters. The monoisotopic (exact) mass is 375 g/mol. The molecule has 1 N–H and O–H groups in total. The second kappa shape index (κ2) is 7.14. The van der Waals surface area contributed by atoms with Crippen LogP contribution in [0, 0.1) is 0 Å². The van der Waals surface area contributed by atoms with E-state index in [9.17, 15) is 0 Å². The average Bonchev–Trinajstić information content (AvgIpc) is 2.76. The summed E-state index contributed by atoms with van der Waals surface area (Å²) in [5, 5.41) is 4.33. The van der Waals surface area contributed by atoms with Gasteiger partial charge in [-0.3, -0.25) is 0 Å². The third-order valence-corrected chi connectivity index (χ3v) is 6.16. The lowest BCUT2D eigenvalue weighted by atomic mass is 10.1. The van der Waals surface area contributed by atoms with Gasteiger partial charge in [-0.1, -0.05) is 36.7 Å². The Balaban J connectivity index is 2.44. The number of hydrogen-bond acceptors (Lipinski definition) is 3. The van der Waals surface area contributed by atoms with E-state index >= 15 is 0 Å². The topological polar surface area (TPSA) is 12.0 Å². The van der Waals surface area contributed by atoms with Crippen LogP contribution in [0.5, 0.6) is 0 Å². The maximum absolute atomic E-state index is 6.17. The molecule has 0 aliphatic heterocycles. The number of nitrogens with one attached hydrogen (secondary N) is 1. The molecule has 5 heteroatoms. The minimum absolute atomic E-state index is 0.197. The summed E-state index contributed by atoms with van der Waals surface area (Å²) < 4.78 is 0.994. The van der Waals surface area contributed by atoms with Crippen LogP contribution in [0.1, 0.15) is 23.4 Å².